The lowest BCUT2D eigenvalue weighted by atomic mass is 10.0. The fraction of sp³-hybridized carbons (Fsp3) is 0.269. The van der Waals surface area contributed by atoms with Gasteiger partial charge in [-0.25, -0.2) is 0 Å². The third kappa shape index (κ3) is 3.37. The van der Waals surface area contributed by atoms with Crippen LogP contribution in [-0.2, 0) is 0 Å². The van der Waals surface area contributed by atoms with E-state index >= 15 is 0 Å². The third-order valence-corrected chi connectivity index (χ3v) is 6.25. The van der Waals surface area contributed by atoms with Gasteiger partial charge >= 0.3 is 0 Å². The van der Waals surface area contributed by atoms with Crippen LogP contribution in [0.15, 0.2) is 77.9 Å². The average molecular weight is 398 g/mol. The molecule has 0 atom stereocenters. The van der Waals surface area contributed by atoms with Gasteiger partial charge in [0.05, 0.1) is 11.8 Å². The smallest absolute Gasteiger partial charge is 0.115 e. The Morgan fingerprint density at radius 1 is 0.833 bits per heavy atom. The first-order chi connectivity index (χ1) is 14.7. The first-order valence-corrected chi connectivity index (χ1v) is 10.8. The molecule has 0 spiro atoms. The van der Waals surface area contributed by atoms with Gasteiger partial charge in [0.1, 0.15) is 5.75 Å². The molecule has 1 saturated heterocycles. The van der Waals surface area contributed by atoms with Crippen LogP contribution in [0, 0.1) is 0 Å². The lowest BCUT2D eigenvalue weighted by Gasteiger charge is -2.38. The summed E-state index contributed by atoms with van der Waals surface area (Å²) >= 11 is 0. The number of fused-ring (bicyclic) bond motifs is 3. The van der Waals surface area contributed by atoms with Gasteiger partial charge in [-0.1, -0.05) is 55.5 Å². The van der Waals surface area contributed by atoms with Crippen LogP contribution in [0.4, 0.5) is 0 Å². The summed E-state index contributed by atoms with van der Waals surface area (Å²) in [6, 6.07) is 25.3. The molecule has 0 unspecified atom stereocenters. The molecule has 0 amide bonds. The Labute approximate surface area is 178 Å². The van der Waals surface area contributed by atoms with E-state index in [4.69, 9.17) is 5.10 Å². The van der Waals surface area contributed by atoms with Gasteiger partial charge < -0.3 is 5.11 Å². The van der Waals surface area contributed by atoms with Crippen molar-refractivity contribution < 1.29 is 5.11 Å². The molecule has 4 nitrogen and oxygen atoms in total. The zero-order valence-corrected chi connectivity index (χ0v) is 17.3. The van der Waals surface area contributed by atoms with Gasteiger partial charge in [0.2, 0.25) is 0 Å². The number of aromatic hydroxyl groups is 1. The predicted molar refractivity (Wildman–Crippen MR) is 122 cm³/mol. The molecule has 2 aliphatic rings. The highest BCUT2D eigenvalue weighted by molar-refractivity contribution is 6.00. The fourth-order valence-electron chi connectivity index (χ4n) is 4.75. The van der Waals surface area contributed by atoms with Crippen molar-refractivity contribution in [2.45, 2.75) is 19.4 Å². The van der Waals surface area contributed by atoms with Crippen LogP contribution >= 0.6 is 0 Å². The highest BCUT2D eigenvalue weighted by Gasteiger charge is 2.34. The quantitative estimate of drug-likeness (QED) is 0.637. The summed E-state index contributed by atoms with van der Waals surface area (Å²) in [5.41, 5.74) is 7.75. The van der Waals surface area contributed by atoms with Crippen LogP contribution in [0.2, 0.25) is 0 Å². The van der Waals surface area contributed by atoms with Crippen LogP contribution in [0.25, 0.3) is 11.1 Å². The molecule has 152 valence electrons. The predicted octanol–water partition coefficient (Wildman–Crippen LogP) is 4.89. The maximum Gasteiger partial charge on any atom is 0.115 e. The molecule has 1 fully saturated rings. The summed E-state index contributed by atoms with van der Waals surface area (Å²) in [5, 5.41) is 16.7. The first kappa shape index (κ1) is 18.9. The molecule has 0 bridgehead atoms. The van der Waals surface area contributed by atoms with Crippen molar-refractivity contribution in [3.05, 3.63) is 89.5 Å². The van der Waals surface area contributed by atoms with Crippen LogP contribution in [-0.4, -0.2) is 46.9 Å². The summed E-state index contributed by atoms with van der Waals surface area (Å²) in [6.07, 6.45) is 0.869. The van der Waals surface area contributed by atoms with Crippen molar-refractivity contribution in [1.29, 1.82) is 0 Å². The zero-order chi connectivity index (χ0) is 20.5. The second kappa shape index (κ2) is 7.96. The average Bonchev–Trinajstić information content (AvgIpc) is 3.13. The second-order valence-corrected chi connectivity index (χ2v) is 8.01. The van der Waals surface area contributed by atoms with E-state index in [0.29, 0.717) is 11.8 Å². The van der Waals surface area contributed by atoms with Crippen LogP contribution in [0.1, 0.15) is 36.1 Å². The van der Waals surface area contributed by atoms with Crippen molar-refractivity contribution in [1.82, 2.24) is 9.91 Å². The minimum absolute atomic E-state index is 0.292. The first-order valence-electron chi connectivity index (χ1n) is 10.8. The molecule has 5 rings (SSSR count). The molecule has 30 heavy (non-hydrogen) atoms. The highest BCUT2D eigenvalue weighted by Crippen LogP contribution is 2.46. The van der Waals surface area contributed by atoms with Gasteiger partial charge in [-0.3, -0.25) is 9.91 Å². The van der Waals surface area contributed by atoms with Gasteiger partial charge in [-0.2, -0.15) is 5.10 Å². The number of phenolic OH excluding ortho intramolecular Hbond substituents is 1. The molecule has 1 aliphatic heterocycles. The van der Waals surface area contributed by atoms with E-state index in [2.05, 4.69) is 65.4 Å². The van der Waals surface area contributed by atoms with Crippen molar-refractivity contribution in [3.63, 3.8) is 0 Å². The Hall–Kier alpha value is -3.11. The van der Waals surface area contributed by atoms with Gasteiger partial charge in [-0.15, -0.1) is 0 Å². The summed E-state index contributed by atoms with van der Waals surface area (Å²) in [7, 11) is 0. The summed E-state index contributed by atoms with van der Waals surface area (Å²) < 4.78 is 0. The van der Waals surface area contributed by atoms with Crippen LogP contribution in [0.3, 0.4) is 0 Å². The number of nitrogens with zero attached hydrogens (tertiary/aromatic N) is 3. The molecule has 0 saturated carbocycles. The molecular formula is C26H27N3O. The highest BCUT2D eigenvalue weighted by atomic mass is 16.3. The molecule has 3 aromatic carbocycles. The van der Waals surface area contributed by atoms with Gasteiger partial charge in [0.25, 0.3) is 0 Å². The van der Waals surface area contributed by atoms with E-state index in [1.165, 1.54) is 22.3 Å². The normalized spacial score (nSPS) is 17.1. The van der Waals surface area contributed by atoms with Crippen LogP contribution in [0.5, 0.6) is 5.75 Å². The maximum absolute atomic E-state index is 9.55. The number of benzene rings is 3. The molecule has 0 radical (unpaired) electrons. The number of rotatable bonds is 4. The second-order valence-electron chi connectivity index (χ2n) is 8.01. The van der Waals surface area contributed by atoms with E-state index in [9.17, 15) is 5.11 Å². The SMILES string of the molecule is CCC(=NN1CCN(C2c3ccccc3-c3ccccc32)CC1)c1ccc(O)cc1. The summed E-state index contributed by atoms with van der Waals surface area (Å²) in [6.45, 7) is 5.95. The number of phenols is 1. The van der Waals surface area contributed by atoms with Crippen molar-refractivity contribution >= 4 is 5.71 Å². The van der Waals surface area contributed by atoms with E-state index in [0.717, 1.165) is 43.9 Å². The summed E-state index contributed by atoms with van der Waals surface area (Å²) in [4.78, 5) is 2.60. The zero-order valence-electron chi connectivity index (χ0n) is 17.3. The Kier molecular flexibility index (Phi) is 5.01. The Morgan fingerprint density at radius 3 is 1.97 bits per heavy atom. The van der Waals surface area contributed by atoms with Crippen molar-refractivity contribution in [2.24, 2.45) is 5.10 Å². The Morgan fingerprint density at radius 2 is 1.40 bits per heavy atom. The maximum atomic E-state index is 9.55. The van der Waals surface area contributed by atoms with Crippen LogP contribution < -0.4 is 0 Å². The standard InChI is InChI=1S/C26H27N3O/c1-2-25(19-11-13-20(30)14-12-19)27-29-17-15-28(16-18-29)26-23-9-5-3-7-21(23)22-8-4-6-10-24(22)26/h3-14,26,30H,2,15-18H2,1H3. The van der Waals surface area contributed by atoms with E-state index in [-0.39, 0.29) is 0 Å². The minimum atomic E-state index is 0.292. The van der Waals surface area contributed by atoms with Gasteiger partial charge in [0.15, 0.2) is 0 Å². The molecule has 1 heterocycles. The lowest BCUT2D eigenvalue weighted by Crippen LogP contribution is -2.45. The molecule has 1 N–H and O–H groups in total. The number of piperazine rings is 1. The van der Waals surface area contributed by atoms with Crippen molar-refractivity contribution in [2.75, 3.05) is 26.2 Å². The lowest BCUT2D eigenvalue weighted by molar-refractivity contribution is 0.113. The van der Waals surface area contributed by atoms with E-state index in [1.54, 1.807) is 12.1 Å². The molecular weight excluding hydrogens is 370 g/mol. The molecule has 3 aromatic rings. The third-order valence-electron chi connectivity index (χ3n) is 6.25. The molecule has 0 aromatic heterocycles. The minimum Gasteiger partial charge on any atom is -0.508 e. The van der Waals surface area contributed by atoms with E-state index in [1.807, 2.05) is 12.1 Å². The van der Waals surface area contributed by atoms with Crippen molar-refractivity contribution in [3.8, 4) is 16.9 Å². The summed E-state index contributed by atoms with van der Waals surface area (Å²) in [5.74, 6) is 0.292. The topological polar surface area (TPSA) is 39.1 Å². The fourth-order valence-corrected chi connectivity index (χ4v) is 4.75. The number of hydrazone groups is 1. The largest absolute Gasteiger partial charge is 0.508 e. The molecule has 1 aliphatic carbocycles. The molecule has 4 heteroatoms. The van der Waals surface area contributed by atoms with Gasteiger partial charge in [0, 0.05) is 26.2 Å². The number of hydrogen-bond donors (Lipinski definition) is 1. The Balaban J connectivity index is 1.34. The van der Waals surface area contributed by atoms with E-state index < -0.39 is 0 Å². The monoisotopic (exact) mass is 397 g/mol. The van der Waals surface area contributed by atoms with Gasteiger partial charge in [-0.05, 0) is 58.5 Å². The Bertz CT molecular complexity index is 1020. The number of hydrogen-bond acceptors (Lipinski definition) is 4.